The van der Waals surface area contributed by atoms with Gasteiger partial charge in [0.2, 0.25) is 0 Å². The van der Waals surface area contributed by atoms with E-state index >= 15 is 0 Å². The van der Waals surface area contributed by atoms with Crippen molar-refractivity contribution in [1.82, 2.24) is 0 Å². The van der Waals surface area contributed by atoms with Crippen LogP contribution in [0.2, 0.25) is 0 Å². The molecule has 5 aliphatic rings. The third-order valence-corrected chi connectivity index (χ3v) is 8.26. The van der Waals surface area contributed by atoms with Gasteiger partial charge in [-0.05, 0) is 91.1 Å². The highest BCUT2D eigenvalue weighted by Gasteiger charge is 2.68. The number of thiol groups is 1. The Hall–Kier alpha value is 0.350. The van der Waals surface area contributed by atoms with Crippen molar-refractivity contribution in [3.8, 4) is 0 Å². The number of hydrogen-bond donors (Lipinski definition) is 1. The molecule has 5 rings (SSSR count). The van der Waals surface area contributed by atoms with E-state index in [-0.39, 0.29) is 0 Å². The summed E-state index contributed by atoms with van der Waals surface area (Å²) in [5, 5.41) is 0. The van der Waals surface area contributed by atoms with Crippen molar-refractivity contribution in [3.05, 3.63) is 0 Å². The summed E-state index contributed by atoms with van der Waals surface area (Å²) in [5.41, 5.74) is 0. The fourth-order valence-corrected chi connectivity index (χ4v) is 8.31. The van der Waals surface area contributed by atoms with Crippen LogP contribution in [-0.4, -0.2) is 5.75 Å². The first kappa shape index (κ1) is 10.2. The SMILES string of the molecule is SCC1C2CCC1C1C3CC(C4CCCC43)C21. The van der Waals surface area contributed by atoms with Crippen LogP contribution in [0.25, 0.3) is 0 Å². The zero-order valence-corrected chi connectivity index (χ0v) is 11.5. The first-order chi connectivity index (χ1) is 8.40. The van der Waals surface area contributed by atoms with Crippen molar-refractivity contribution in [2.75, 3.05) is 5.75 Å². The van der Waals surface area contributed by atoms with Crippen LogP contribution in [0.1, 0.15) is 38.5 Å². The molecule has 0 aliphatic heterocycles. The van der Waals surface area contributed by atoms with E-state index in [9.17, 15) is 0 Å². The molecule has 4 bridgehead atoms. The van der Waals surface area contributed by atoms with Crippen molar-refractivity contribution in [2.24, 2.45) is 53.3 Å². The zero-order valence-electron chi connectivity index (χ0n) is 10.6. The lowest BCUT2D eigenvalue weighted by Gasteiger charge is -2.40. The van der Waals surface area contributed by atoms with Crippen LogP contribution in [0.3, 0.4) is 0 Å². The Morgan fingerprint density at radius 2 is 1.29 bits per heavy atom. The van der Waals surface area contributed by atoms with Crippen molar-refractivity contribution in [3.63, 3.8) is 0 Å². The van der Waals surface area contributed by atoms with E-state index in [0.29, 0.717) is 0 Å². The molecule has 0 N–H and O–H groups in total. The molecule has 0 aromatic heterocycles. The highest BCUT2D eigenvalue weighted by molar-refractivity contribution is 7.80. The molecule has 0 nitrogen and oxygen atoms in total. The molecule has 0 radical (unpaired) electrons. The second-order valence-electron chi connectivity index (χ2n) is 7.73. The Morgan fingerprint density at radius 1 is 0.706 bits per heavy atom. The van der Waals surface area contributed by atoms with Gasteiger partial charge in [-0.25, -0.2) is 0 Å². The van der Waals surface area contributed by atoms with Crippen LogP contribution in [0.5, 0.6) is 0 Å². The Bertz CT molecular complexity index is 321. The largest absolute Gasteiger partial charge is 0.179 e. The molecule has 5 aliphatic carbocycles. The van der Waals surface area contributed by atoms with Crippen LogP contribution in [0.15, 0.2) is 0 Å². The van der Waals surface area contributed by atoms with Crippen LogP contribution in [0.4, 0.5) is 0 Å². The summed E-state index contributed by atoms with van der Waals surface area (Å²) < 4.78 is 0. The predicted octanol–water partition coefficient (Wildman–Crippen LogP) is 3.87. The molecule has 17 heavy (non-hydrogen) atoms. The van der Waals surface area contributed by atoms with Crippen molar-refractivity contribution in [1.29, 1.82) is 0 Å². The fraction of sp³-hybridized carbons (Fsp3) is 1.00. The summed E-state index contributed by atoms with van der Waals surface area (Å²) in [7, 11) is 0. The molecule has 0 spiro atoms. The Kier molecular flexibility index (Phi) is 1.95. The molecule has 0 amide bonds. The van der Waals surface area contributed by atoms with Gasteiger partial charge in [0.05, 0.1) is 0 Å². The Labute approximate surface area is 110 Å². The first-order valence-electron chi connectivity index (χ1n) is 8.01. The van der Waals surface area contributed by atoms with Crippen molar-refractivity contribution >= 4 is 12.6 Å². The lowest BCUT2D eigenvalue weighted by Crippen LogP contribution is -2.35. The van der Waals surface area contributed by atoms with E-state index < -0.39 is 0 Å². The molecule has 1 heteroatoms. The van der Waals surface area contributed by atoms with Crippen LogP contribution >= 0.6 is 12.6 Å². The standard InChI is InChI=1S/C16H24S/c17-7-14-10-4-5-11(14)16-13-6-12(15(10)16)8-2-1-3-9(8)13/h8-17H,1-7H2. The van der Waals surface area contributed by atoms with E-state index in [4.69, 9.17) is 0 Å². The molecular formula is C16H24S. The lowest BCUT2D eigenvalue weighted by atomic mass is 9.64. The van der Waals surface area contributed by atoms with Gasteiger partial charge in [-0.1, -0.05) is 6.42 Å². The summed E-state index contributed by atoms with van der Waals surface area (Å²) in [4.78, 5) is 0. The lowest BCUT2D eigenvalue weighted by molar-refractivity contribution is 0.0716. The summed E-state index contributed by atoms with van der Waals surface area (Å²) >= 11 is 4.68. The van der Waals surface area contributed by atoms with Crippen LogP contribution in [-0.2, 0) is 0 Å². The summed E-state index contributed by atoms with van der Waals surface area (Å²) in [5.74, 6) is 11.5. The average molecular weight is 248 g/mol. The van der Waals surface area contributed by atoms with Gasteiger partial charge in [0.1, 0.15) is 0 Å². The van der Waals surface area contributed by atoms with E-state index in [1.165, 1.54) is 41.3 Å². The van der Waals surface area contributed by atoms with Gasteiger partial charge in [0.15, 0.2) is 0 Å². The molecule has 5 saturated carbocycles. The van der Waals surface area contributed by atoms with Gasteiger partial charge < -0.3 is 0 Å². The smallest absolute Gasteiger partial charge is 0.00640 e. The molecule has 5 fully saturated rings. The van der Waals surface area contributed by atoms with E-state index in [1.54, 1.807) is 38.5 Å². The number of hydrogen-bond acceptors (Lipinski definition) is 1. The second-order valence-corrected chi connectivity index (χ2v) is 8.09. The number of fused-ring (bicyclic) bond motifs is 12. The second kappa shape index (κ2) is 3.26. The van der Waals surface area contributed by atoms with Crippen LogP contribution < -0.4 is 0 Å². The summed E-state index contributed by atoms with van der Waals surface area (Å²) in [6.45, 7) is 0. The van der Waals surface area contributed by atoms with Gasteiger partial charge in [0, 0.05) is 0 Å². The van der Waals surface area contributed by atoms with Gasteiger partial charge in [-0.3, -0.25) is 0 Å². The maximum atomic E-state index is 4.68. The molecule has 8 unspecified atom stereocenters. The van der Waals surface area contributed by atoms with Crippen LogP contribution in [0, 0.1) is 53.3 Å². The normalized spacial score (nSPS) is 66.5. The van der Waals surface area contributed by atoms with Gasteiger partial charge in [-0.2, -0.15) is 12.6 Å². The minimum absolute atomic E-state index is 1.03. The van der Waals surface area contributed by atoms with E-state index in [1.807, 2.05) is 0 Å². The highest BCUT2D eigenvalue weighted by Crippen LogP contribution is 2.74. The Morgan fingerprint density at radius 3 is 1.82 bits per heavy atom. The molecule has 94 valence electrons. The summed E-state index contributed by atoms with van der Waals surface area (Å²) in [6, 6.07) is 0. The van der Waals surface area contributed by atoms with Gasteiger partial charge >= 0.3 is 0 Å². The van der Waals surface area contributed by atoms with Gasteiger partial charge in [0.25, 0.3) is 0 Å². The molecule has 0 heterocycles. The first-order valence-corrected chi connectivity index (χ1v) is 8.64. The predicted molar refractivity (Wildman–Crippen MR) is 73.0 cm³/mol. The number of rotatable bonds is 1. The topological polar surface area (TPSA) is 0 Å². The maximum absolute atomic E-state index is 4.68. The van der Waals surface area contributed by atoms with E-state index in [2.05, 4.69) is 12.6 Å². The average Bonchev–Trinajstić information content (AvgIpc) is 3.11. The molecule has 0 aromatic carbocycles. The molecule has 8 atom stereocenters. The molecular weight excluding hydrogens is 224 g/mol. The molecule has 0 aromatic rings. The third kappa shape index (κ3) is 1.02. The maximum Gasteiger partial charge on any atom is -0.00640 e. The zero-order chi connectivity index (χ0) is 11.1. The van der Waals surface area contributed by atoms with E-state index in [0.717, 1.165) is 17.8 Å². The highest BCUT2D eigenvalue weighted by atomic mass is 32.1. The Balaban J connectivity index is 1.55. The monoisotopic (exact) mass is 248 g/mol. The van der Waals surface area contributed by atoms with Crippen molar-refractivity contribution in [2.45, 2.75) is 38.5 Å². The minimum atomic E-state index is 1.03. The summed E-state index contributed by atoms with van der Waals surface area (Å²) in [6.07, 6.45) is 9.54. The van der Waals surface area contributed by atoms with Gasteiger partial charge in [-0.15, -0.1) is 0 Å². The quantitative estimate of drug-likeness (QED) is 0.528. The van der Waals surface area contributed by atoms with Crippen molar-refractivity contribution < 1.29 is 0 Å². The molecule has 0 saturated heterocycles. The third-order valence-electron chi connectivity index (χ3n) is 7.84. The minimum Gasteiger partial charge on any atom is -0.179 e. The fourth-order valence-electron chi connectivity index (χ4n) is 7.76.